The summed E-state index contributed by atoms with van der Waals surface area (Å²) in [4.78, 5) is 26.7. The van der Waals surface area contributed by atoms with Crippen molar-refractivity contribution in [2.75, 3.05) is 13.7 Å². The number of nitrogens with zero attached hydrogens (tertiary/aromatic N) is 1. The number of rotatable bonds is 6. The van der Waals surface area contributed by atoms with Gasteiger partial charge in [0.1, 0.15) is 0 Å². The SMILES string of the molecule is COCC(C)(CC(=O)O)NC(=O)c1ccncc1Cl. The van der Waals surface area contributed by atoms with E-state index in [0.717, 1.165) is 0 Å². The van der Waals surface area contributed by atoms with Crippen LogP contribution in [0.4, 0.5) is 0 Å². The maximum atomic E-state index is 12.1. The maximum Gasteiger partial charge on any atom is 0.305 e. The fourth-order valence-electron chi connectivity index (χ4n) is 1.68. The Balaban J connectivity index is 2.88. The summed E-state index contributed by atoms with van der Waals surface area (Å²) in [5.41, 5.74) is -0.769. The van der Waals surface area contributed by atoms with Gasteiger partial charge in [0.2, 0.25) is 0 Å². The number of carboxylic acids is 1. The fourth-order valence-corrected chi connectivity index (χ4v) is 1.89. The minimum absolute atomic E-state index is 0.0771. The Kier molecular flexibility index (Phi) is 5.26. The highest BCUT2D eigenvalue weighted by Gasteiger charge is 2.30. The second-order valence-electron chi connectivity index (χ2n) is 4.37. The first-order valence-electron chi connectivity index (χ1n) is 5.51. The van der Waals surface area contributed by atoms with Gasteiger partial charge in [0.25, 0.3) is 5.91 Å². The van der Waals surface area contributed by atoms with Crippen LogP contribution in [0.15, 0.2) is 18.5 Å². The van der Waals surface area contributed by atoms with E-state index in [1.54, 1.807) is 6.92 Å². The van der Waals surface area contributed by atoms with Crippen LogP contribution in [0.25, 0.3) is 0 Å². The van der Waals surface area contributed by atoms with Crippen LogP contribution in [0.3, 0.4) is 0 Å². The third-order valence-corrected chi connectivity index (χ3v) is 2.74. The van der Waals surface area contributed by atoms with Gasteiger partial charge in [-0.2, -0.15) is 0 Å². The molecule has 0 aliphatic rings. The molecule has 0 saturated heterocycles. The van der Waals surface area contributed by atoms with Crippen LogP contribution in [0.2, 0.25) is 5.02 Å². The first kappa shape index (κ1) is 15.4. The van der Waals surface area contributed by atoms with Crippen molar-refractivity contribution >= 4 is 23.5 Å². The summed E-state index contributed by atoms with van der Waals surface area (Å²) in [7, 11) is 1.44. The fraction of sp³-hybridized carbons (Fsp3) is 0.417. The highest BCUT2D eigenvalue weighted by atomic mass is 35.5. The number of carbonyl (C=O) groups excluding carboxylic acids is 1. The molecule has 1 unspecified atom stereocenters. The van der Waals surface area contributed by atoms with Crippen molar-refractivity contribution in [2.45, 2.75) is 18.9 Å². The molecule has 0 aliphatic carbocycles. The topological polar surface area (TPSA) is 88.5 Å². The molecule has 6 nitrogen and oxygen atoms in total. The number of aromatic nitrogens is 1. The Bertz CT molecular complexity index is 481. The van der Waals surface area contributed by atoms with Crippen LogP contribution in [-0.4, -0.2) is 41.2 Å². The lowest BCUT2D eigenvalue weighted by Crippen LogP contribution is -2.50. The minimum Gasteiger partial charge on any atom is -0.481 e. The summed E-state index contributed by atoms with van der Waals surface area (Å²) < 4.78 is 4.95. The molecule has 1 atom stereocenters. The monoisotopic (exact) mass is 286 g/mol. The Labute approximate surface area is 115 Å². The minimum atomic E-state index is -1.03. The zero-order chi connectivity index (χ0) is 14.5. The summed E-state index contributed by atoms with van der Waals surface area (Å²) in [6.45, 7) is 1.67. The van der Waals surface area contributed by atoms with Crippen molar-refractivity contribution in [3.8, 4) is 0 Å². The summed E-state index contributed by atoms with van der Waals surface area (Å²) in [6.07, 6.45) is 2.53. The first-order valence-corrected chi connectivity index (χ1v) is 5.88. The van der Waals surface area contributed by atoms with Gasteiger partial charge in [-0.3, -0.25) is 14.6 Å². The van der Waals surface area contributed by atoms with E-state index in [2.05, 4.69) is 10.3 Å². The van der Waals surface area contributed by atoms with E-state index in [1.807, 2.05) is 0 Å². The quantitative estimate of drug-likeness (QED) is 0.824. The molecule has 1 aromatic heterocycles. The molecule has 0 bridgehead atoms. The Morgan fingerprint density at radius 1 is 1.58 bits per heavy atom. The van der Waals surface area contributed by atoms with E-state index in [0.29, 0.717) is 0 Å². The second kappa shape index (κ2) is 6.49. The van der Waals surface area contributed by atoms with Gasteiger partial charge in [-0.25, -0.2) is 0 Å². The van der Waals surface area contributed by atoms with Crippen LogP contribution < -0.4 is 5.32 Å². The van der Waals surface area contributed by atoms with Crippen molar-refractivity contribution in [2.24, 2.45) is 0 Å². The van der Waals surface area contributed by atoms with E-state index < -0.39 is 17.4 Å². The number of pyridine rings is 1. The summed E-state index contributed by atoms with van der Waals surface area (Å²) in [5.74, 6) is -1.49. The van der Waals surface area contributed by atoms with Crippen molar-refractivity contribution < 1.29 is 19.4 Å². The van der Waals surface area contributed by atoms with Crippen molar-refractivity contribution in [1.29, 1.82) is 0 Å². The van der Waals surface area contributed by atoms with E-state index in [9.17, 15) is 9.59 Å². The van der Waals surface area contributed by atoms with Crippen molar-refractivity contribution in [1.82, 2.24) is 10.3 Å². The number of aliphatic carboxylic acids is 1. The molecule has 2 N–H and O–H groups in total. The molecular formula is C12H15ClN2O4. The normalized spacial score (nSPS) is 13.6. The summed E-state index contributed by atoms with van der Waals surface area (Å²) in [6, 6.07) is 1.46. The number of carbonyl (C=O) groups is 2. The largest absolute Gasteiger partial charge is 0.481 e. The first-order chi connectivity index (χ1) is 8.88. The molecule has 1 amide bonds. The number of hydrogen-bond donors (Lipinski definition) is 2. The third kappa shape index (κ3) is 4.50. The molecular weight excluding hydrogens is 272 g/mol. The van der Waals surface area contributed by atoms with E-state index in [1.165, 1.54) is 25.6 Å². The third-order valence-electron chi connectivity index (χ3n) is 2.44. The molecule has 1 rings (SSSR count). The van der Waals surface area contributed by atoms with Crippen molar-refractivity contribution in [3.63, 3.8) is 0 Å². The molecule has 0 aromatic carbocycles. The molecule has 7 heteroatoms. The number of amides is 1. The summed E-state index contributed by atoms with van der Waals surface area (Å²) >= 11 is 5.86. The molecule has 19 heavy (non-hydrogen) atoms. The molecule has 0 saturated carbocycles. The Hall–Kier alpha value is -1.66. The van der Waals surface area contributed by atoms with Crippen LogP contribution >= 0.6 is 11.6 Å². The maximum absolute atomic E-state index is 12.1. The molecule has 0 aliphatic heterocycles. The highest BCUT2D eigenvalue weighted by molar-refractivity contribution is 6.33. The van der Waals surface area contributed by atoms with Crippen LogP contribution in [0, 0.1) is 0 Å². The molecule has 1 heterocycles. The van der Waals surface area contributed by atoms with Crippen molar-refractivity contribution in [3.05, 3.63) is 29.0 Å². The van der Waals surface area contributed by atoms with Crippen LogP contribution in [0.5, 0.6) is 0 Å². The zero-order valence-corrected chi connectivity index (χ0v) is 11.4. The smallest absolute Gasteiger partial charge is 0.305 e. The average Bonchev–Trinajstić information content (AvgIpc) is 2.27. The average molecular weight is 287 g/mol. The standard InChI is InChI=1S/C12H15ClN2O4/c1-12(7-19-2,5-10(16)17)15-11(18)8-3-4-14-6-9(8)13/h3-4,6H,5,7H2,1-2H3,(H,15,18)(H,16,17). The van der Waals surface area contributed by atoms with Gasteiger partial charge in [-0.05, 0) is 13.0 Å². The van der Waals surface area contributed by atoms with Gasteiger partial charge in [0.05, 0.1) is 29.2 Å². The van der Waals surface area contributed by atoms with Crippen LogP contribution in [-0.2, 0) is 9.53 Å². The zero-order valence-electron chi connectivity index (χ0n) is 10.6. The molecule has 0 fully saturated rings. The molecule has 104 valence electrons. The van der Waals surface area contributed by atoms with Gasteiger partial charge < -0.3 is 15.2 Å². The lowest BCUT2D eigenvalue weighted by Gasteiger charge is -2.28. The second-order valence-corrected chi connectivity index (χ2v) is 4.78. The highest BCUT2D eigenvalue weighted by Crippen LogP contribution is 2.16. The molecule has 1 aromatic rings. The van der Waals surface area contributed by atoms with E-state index in [4.69, 9.17) is 21.4 Å². The van der Waals surface area contributed by atoms with Gasteiger partial charge in [0.15, 0.2) is 0 Å². The predicted molar refractivity (Wildman–Crippen MR) is 69.2 cm³/mol. The Morgan fingerprint density at radius 3 is 2.79 bits per heavy atom. The predicted octanol–water partition coefficient (Wildman–Crippen LogP) is 1.34. The Morgan fingerprint density at radius 2 is 2.26 bits per heavy atom. The van der Waals surface area contributed by atoms with Gasteiger partial charge in [-0.1, -0.05) is 11.6 Å². The van der Waals surface area contributed by atoms with E-state index >= 15 is 0 Å². The number of carboxylic acid groups (broad SMARTS) is 1. The number of halogens is 1. The number of hydrogen-bond acceptors (Lipinski definition) is 4. The number of ether oxygens (including phenoxy) is 1. The lowest BCUT2D eigenvalue weighted by molar-refractivity contribution is -0.139. The van der Waals surface area contributed by atoms with Gasteiger partial charge in [0, 0.05) is 19.5 Å². The number of nitrogens with one attached hydrogen (secondary N) is 1. The van der Waals surface area contributed by atoms with Gasteiger partial charge in [-0.15, -0.1) is 0 Å². The van der Waals surface area contributed by atoms with Crippen LogP contribution in [0.1, 0.15) is 23.7 Å². The lowest BCUT2D eigenvalue weighted by atomic mass is 9.98. The molecule has 0 radical (unpaired) electrons. The van der Waals surface area contributed by atoms with Gasteiger partial charge >= 0.3 is 5.97 Å². The summed E-state index contributed by atoms with van der Waals surface area (Å²) in [5, 5.41) is 11.7. The number of methoxy groups -OCH3 is 1. The van der Waals surface area contributed by atoms with E-state index in [-0.39, 0.29) is 23.6 Å². The molecule has 0 spiro atoms.